The van der Waals surface area contributed by atoms with Crippen molar-refractivity contribution in [3.05, 3.63) is 112 Å². The van der Waals surface area contributed by atoms with Crippen LogP contribution < -0.4 is 5.56 Å². The number of carbonyl (C=O) groups excluding carboxylic acids is 1. The largest absolute Gasteiger partial charge is 0.321 e. The number of para-hydroxylation sites is 1. The maximum atomic E-state index is 13.2. The molecule has 0 aliphatic heterocycles. The number of rotatable bonds is 4. The normalized spacial score (nSPS) is 11.8. The predicted octanol–water partition coefficient (Wildman–Crippen LogP) is 6.39. The highest BCUT2D eigenvalue weighted by Gasteiger charge is 2.19. The lowest BCUT2D eigenvalue weighted by Gasteiger charge is -2.18. The van der Waals surface area contributed by atoms with Crippen LogP contribution in [0.4, 0.5) is 0 Å². The number of aromatic nitrogens is 1. The molecule has 31 heavy (non-hydrogen) atoms. The van der Waals surface area contributed by atoms with Crippen molar-refractivity contribution in [2.75, 3.05) is 0 Å². The second-order valence-corrected chi connectivity index (χ2v) is 8.69. The Hall–Kier alpha value is -3.72. The topological polar surface area (TPSA) is 49.9 Å². The van der Waals surface area contributed by atoms with Crippen molar-refractivity contribution in [3.8, 4) is 11.1 Å². The number of allylic oxidation sites excluding steroid dienone is 1. The van der Waals surface area contributed by atoms with Crippen molar-refractivity contribution in [1.82, 2.24) is 4.98 Å². The van der Waals surface area contributed by atoms with Gasteiger partial charge in [0, 0.05) is 16.5 Å². The summed E-state index contributed by atoms with van der Waals surface area (Å²) < 4.78 is 0. The molecule has 3 aromatic carbocycles. The lowest BCUT2D eigenvalue weighted by molar-refractivity contribution is 0.104. The zero-order chi connectivity index (χ0) is 22.0. The van der Waals surface area contributed by atoms with Crippen molar-refractivity contribution in [2.24, 2.45) is 0 Å². The van der Waals surface area contributed by atoms with E-state index in [1.165, 1.54) is 11.6 Å². The second-order valence-electron chi connectivity index (χ2n) is 8.69. The van der Waals surface area contributed by atoms with Crippen LogP contribution in [-0.4, -0.2) is 10.8 Å². The Morgan fingerprint density at radius 1 is 0.839 bits per heavy atom. The molecule has 1 N–H and O–H groups in total. The van der Waals surface area contributed by atoms with Gasteiger partial charge in [-0.1, -0.05) is 99.6 Å². The summed E-state index contributed by atoms with van der Waals surface area (Å²) in [5.41, 5.74) is 4.22. The highest BCUT2D eigenvalue weighted by atomic mass is 16.1. The average molecular weight is 408 g/mol. The molecule has 3 heteroatoms. The minimum Gasteiger partial charge on any atom is -0.321 e. The first-order chi connectivity index (χ1) is 14.8. The van der Waals surface area contributed by atoms with E-state index in [0.717, 1.165) is 16.5 Å². The smallest absolute Gasteiger partial charge is 0.260 e. The molecule has 4 aromatic rings. The van der Waals surface area contributed by atoms with Crippen LogP contribution in [0, 0.1) is 0 Å². The minimum absolute atomic E-state index is 0.0705. The fourth-order valence-corrected chi connectivity index (χ4v) is 3.73. The lowest BCUT2D eigenvalue weighted by atomic mass is 9.86. The zero-order valence-electron chi connectivity index (χ0n) is 18.0. The van der Waals surface area contributed by atoms with Crippen molar-refractivity contribution >= 4 is 22.8 Å². The van der Waals surface area contributed by atoms with E-state index >= 15 is 0 Å². The van der Waals surface area contributed by atoms with Gasteiger partial charge in [-0.15, -0.1) is 0 Å². The monoisotopic (exact) mass is 407 g/mol. The number of carbonyl (C=O) groups is 1. The Morgan fingerprint density at radius 3 is 2.16 bits per heavy atom. The molecule has 0 radical (unpaired) electrons. The van der Waals surface area contributed by atoms with Crippen LogP contribution in [0.3, 0.4) is 0 Å². The Labute approximate surface area is 182 Å². The molecule has 0 aliphatic rings. The summed E-state index contributed by atoms with van der Waals surface area (Å²) in [4.78, 5) is 29.0. The van der Waals surface area contributed by atoms with Gasteiger partial charge in [-0.3, -0.25) is 9.59 Å². The van der Waals surface area contributed by atoms with Gasteiger partial charge in [-0.05, 0) is 34.2 Å². The summed E-state index contributed by atoms with van der Waals surface area (Å²) in [6, 6.07) is 25.3. The standard InChI is InChI=1S/C28H25NO2/c1-28(2,3)21-16-13-19(14-17-21)15-18-24(30)26-25(20-9-5-4-6-10-20)22-11-7-8-12-23(22)29-27(26)31/h4-18H,1-3H3,(H,29,31)/b18-15+. The van der Waals surface area contributed by atoms with E-state index < -0.39 is 0 Å². The van der Waals surface area contributed by atoms with Gasteiger partial charge in [0.15, 0.2) is 5.78 Å². The molecule has 0 bridgehead atoms. The van der Waals surface area contributed by atoms with Crippen LogP contribution in [-0.2, 0) is 5.41 Å². The van der Waals surface area contributed by atoms with Crippen LogP contribution in [0.5, 0.6) is 0 Å². The van der Waals surface area contributed by atoms with Gasteiger partial charge in [0.05, 0.1) is 5.56 Å². The minimum atomic E-state index is -0.379. The Bertz CT molecular complexity index is 1320. The van der Waals surface area contributed by atoms with Gasteiger partial charge in [-0.2, -0.15) is 0 Å². The van der Waals surface area contributed by atoms with Crippen molar-refractivity contribution in [1.29, 1.82) is 0 Å². The highest BCUT2D eigenvalue weighted by Crippen LogP contribution is 2.30. The Kier molecular flexibility index (Phi) is 5.43. The van der Waals surface area contributed by atoms with Crippen LogP contribution in [0.15, 0.2) is 89.7 Å². The molecule has 0 saturated carbocycles. The summed E-state index contributed by atoms with van der Waals surface area (Å²) in [6.07, 6.45) is 3.25. The van der Waals surface area contributed by atoms with Gasteiger partial charge in [0.1, 0.15) is 0 Å². The molecule has 0 aliphatic carbocycles. The summed E-state index contributed by atoms with van der Waals surface area (Å²) in [6.45, 7) is 6.50. The first-order valence-electron chi connectivity index (χ1n) is 10.4. The number of benzene rings is 3. The molecule has 4 rings (SSSR count). The molecule has 154 valence electrons. The van der Waals surface area contributed by atoms with Gasteiger partial charge < -0.3 is 4.98 Å². The number of fused-ring (bicyclic) bond motifs is 1. The molecular weight excluding hydrogens is 382 g/mol. The highest BCUT2D eigenvalue weighted by molar-refractivity contribution is 6.15. The fourth-order valence-electron chi connectivity index (χ4n) is 3.73. The predicted molar refractivity (Wildman–Crippen MR) is 129 cm³/mol. The van der Waals surface area contributed by atoms with E-state index in [1.54, 1.807) is 6.08 Å². The molecule has 0 amide bonds. The Balaban J connectivity index is 1.79. The zero-order valence-corrected chi connectivity index (χ0v) is 18.0. The molecule has 0 spiro atoms. The lowest BCUT2D eigenvalue weighted by Crippen LogP contribution is -2.18. The molecule has 1 aromatic heterocycles. The molecule has 1 heterocycles. The molecule has 0 atom stereocenters. The molecule has 0 saturated heterocycles. The SMILES string of the molecule is CC(C)(C)c1ccc(/C=C/C(=O)c2c(-c3ccccc3)c3ccccc3[nH]c2=O)cc1. The fraction of sp³-hybridized carbons (Fsp3) is 0.143. The number of hydrogen-bond donors (Lipinski definition) is 1. The summed E-state index contributed by atoms with van der Waals surface area (Å²) in [5, 5.41) is 0.847. The van der Waals surface area contributed by atoms with Crippen molar-refractivity contribution < 1.29 is 4.79 Å². The summed E-state index contributed by atoms with van der Waals surface area (Å²) in [7, 11) is 0. The van der Waals surface area contributed by atoms with Gasteiger partial charge in [-0.25, -0.2) is 0 Å². The quantitative estimate of drug-likeness (QED) is 0.315. The third-order valence-electron chi connectivity index (χ3n) is 5.43. The molecule has 0 fully saturated rings. The number of ketones is 1. The summed E-state index contributed by atoms with van der Waals surface area (Å²) >= 11 is 0. The van der Waals surface area contributed by atoms with E-state index in [9.17, 15) is 9.59 Å². The first-order valence-corrected chi connectivity index (χ1v) is 10.4. The number of hydrogen-bond acceptors (Lipinski definition) is 2. The van der Waals surface area contributed by atoms with Gasteiger partial charge in [0.25, 0.3) is 5.56 Å². The maximum Gasteiger partial charge on any atom is 0.260 e. The van der Waals surface area contributed by atoms with Crippen LogP contribution in [0.25, 0.3) is 28.1 Å². The summed E-state index contributed by atoms with van der Waals surface area (Å²) in [5.74, 6) is -0.314. The van der Waals surface area contributed by atoms with E-state index in [-0.39, 0.29) is 22.3 Å². The van der Waals surface area contributed by atoms with Crippen LogP contribution >= 0.6 is 0 Å². The first kappa shape index (κ1) is 20.5. The van der Waals surface area contributed by atoms with Crippen LogP contribution in [0.2, 0.25) is 0 Å². The molecular formula is C28H25NO2. The van der Waals surface area contributed by atoms with Crippen molar-refractivity contribution in [2.45, 2.75) is 26.2 Å². The van der Waals surface area contributed by atoms with Gasteiger partial charge >= 0.3 is 0 Å². The van der Waals surface area contributed by atoms with E-state index in [2.05, 4.69) is 37.9 Å². The molecule has 3 nitrogen and oxygen atoms in total. The number of H-pyrrole nitrogens is 1. The number of aromatic amines is 1. The Morgan fingerprint density at radius 2 is 1.48 bits per heavy atom. The third kappa shape index (κ3) is 4.26. The number of nitrogens with one attached hydrogen (secondary N) is 1. The average Bonchev–Trinajstić information content (AvgIpc) is 2.77. The second kappa shape index (κ2) is 8.19. The van der Waals surface area contributed by atoms with Crippen LogP contribution in [0.1, 0.15) is 42.3 Å². The van der Waals surface area contributed by atoms with Crippen molar-refractivity contribution in [3.63, 3.8) is 0 Å². The molecule has 0 unspecified atom stereocenters. The van der Waals surface area contributed by atoms with Gasteiger partial charge in [0.2, 0.25) is 0 Å². The van der Waals surface area contributed by atoms with E-state index in [4.69, 9.17) is 0 Å². The maximum absolute atomic E-state index is 13.2. The third-order valence-corrected chi connectivity index (χ3v) is 5.43. The van der Waals surface area contributed by atoms with E-state index in [1.807, 2.05) is 66.7 Å². The van der Waals surface area contributed by atoms with E-state index in [0.29, 0.717) is 11.1 Å². The number of pyridine rings is 1.